The summed E-state index contributed by atoms with van der Waals surface area (Å²) in [6, 6.07) is 0. The molecule has 1 aliphatic heterocycles. The number of aromatic nitrogens is 5. The van der Waals surface area contributed by atoms with Crippen LogP contribution in [-0.4, -0.2) is 25.0 Å². The number of aryl methyl sites for hydroxylation is 1. The quantitative estimate of drug-likeness (QED) is 0.840. The zero-order valence-electron chi connectivity index (χ0n) is 11.7. The van der Waals surface area contributed by atoms with Crippen molar-refractivity contribution < 1.29 is 0 Å². The highest BCUT2D eigenvalue weighted by Crippen LogP contribution is 2.38. The molecule has 1 aliphatic rings. The maximum atomic E-state index is 4.47. The van der Waals surface area contributed by atoms with E-state index >= 15 is 0 Å². The molecule has 1 unspecified atom stereocenters. The van der Waals surface area contributed by atoms with E-state index in [4.69, 9.17) is 0 Å². The number of fused-ring (bicyclic) bond motifs is 3. The summed E-state index contributed by atoms with van der Waals surface area (Å²) in [5, 5.41) is 15.9. The zero-order valence-corrected chi connectivity index (χ0v) is 11.7. The first kappa shape index (κ1) is 12.4. The molecule has 1 N–H and O–H groups in total. The van der Waals surface area contributed by atoms with Gasteiger partial charge in [-0.3, -0.25) is 5.10 Å². The van der Waals surface area contributed by atoms with Crippen molar-refractivity contribution >= 4 is 0 Å². The van der Waals surface area contributed by atoms with Crippen LogP contribution < -0.4 is 0 Å². The van der Waals surface area contributed by atoms with E-state index in [0.717, 1.165) is 24.5 Å². The van der Waals surface area contributed by atoms with Gasteiger partial charge >= 0.3 is 0 Å². The summed E-state index contributed by atoms with van der Waals surface area (Å²) in [7, 11) is 0. The summed E-state index contributed by atoms with van der Waals surface area (Å²) in [6.45, 7) is 5.42. The fourth-order valence-corrected chi connectivity index (χ4v) is 3.04. The van der Waals surface area contributed by atoms with Crippen molar-refractivity contribution in [1.82, 2.24) is 25.0 Å². The Labute approximate surface area is 113 Å². The standard InChI is InChI=1S/C14H21N5/c1-3-5-6-7-10-8-19-9-15-18-14(19)13-12(10)11(4-2)16-17-13/h9-10H,3-8H2,1-2H3,(H,16,17). The second-order valence-corrected chi connectivity index (χ2v) is 5.32. The highest BCUT2D eigenvalue weighted by Gasteiger charge is 2.30. The molecule has 102 valence electrons. The third-order valence-electron chi connectivity index (χ3n) is 4.05. The minimum Gasteiger partial charge on any atom is -0.312 e. The fraction of sp³-hybridized carbons (Fsp3) is 0.643. The maximum Gasteiger partial charge on any atom is 0.184 e. The number of hydrogen-bond acceptors (Lipinski definition) is 3. The third-order valence-corrected chi connectivity index (χ3v) is 4.05. The van der Waals surface area contributed by atoms with Crippen LogP contribution in [0.5, 0.6) is 0 Å². The molecule has 0 aliphatic carbocycles. The SMILES string of the molecule is CCCCCC1Cn2cnnc2-c2n[nH]c(CC)c21. The Kier molecular flexibility index (Phi) is 3.36. The van der Waals surface area contributed by atoms with Gasteiger partial charge in [-0.1, -0.05) is 33.1 Å². The molecule has 2 aromatic heterocycles. The van der Waals surface area contributed by atoms with Crippen molar-refractivity contribution in [3.05, 3.63) is 17.6 Å². The van der Waals surface area contributed by atoms with Gasteiger partial charge in [0, 0.05) is 23.7 Å². The lowest BCUT2D eigenvalue weighted by Crippen LogP contribution is -2.17. The number of nitrogens with one attached hydrogen (secondary N) is 1. The number of nitrogens with zero attached hydrogens (tertiary/aromatic N) is 4. The van der Waals surface area contributed by atoms with E-state index in [-0.39, 0.29) is 0 Å². The van der Waals surface area contributed by atoms with Crippen LogP contribution in [0.4, 0.5) is 0 Å². The molecule has 0 saturated carbocycles. The molecule has 5 heteroatoms. The van der Waals surface area contributed by atoms with Crippen LogP contribution >= 0.6 is 0 Å². The minimum absolute atomic E-state index is 0.554. The Balaban J connectivity index is 1.94. The van der Waals surface area contributed by atoms with Crippen molar-refractivity contribution in [2.24, 2.45) is 0 Å². The van der Waals surface area contributed by atoms with Crippen LogP contribution in [0.15, 0.2) is 6.33 Å². The summed E-state index contributed by atoms with van der Waals surface area (Å²) in [6.07, 6.45) is 7.91. The summed E-state index contributed by atoms with van der Waals surface area (Å²) in [5.74, 6) is 1.47. The Hall–Kier alpha value is -1.65. The average molecular weight is 259 g/mol. The summed E-state index contributed by atoms with van der Waals surface area (Å²) >= 11 is 0. The normalized spacial score (nSPS) is 17.3. The van der Waals surface area contributed by atoms with E-state index in [9.17, 15) is 0 Å². The lowest BCUT2D eigenvalue weighted by Gasteiger charge is -2.24. The number of H-pyrrole nitrogens is 1. The molecule has 0 fully saturated rings. The molecule has 0 spiro atoms. The molecule has 2 aromatic rings. The first-order valence-electron chi connectivity index (χ1n) is 7.30. The van der Waals surface area contributed by atoms with Crippen LogP contribution in [-0.2, 0) is 13.0 Å². The average Bonchev–Trinajstić information content (AvgIpc) is 3.04. The smallest absolute Gasteiger partial charge is 0.184 e. The van der Waals surface area contributed by atoms with Crippen molar-refractivity contribution in [2.75, 3.05) is 0 Å². The third kappa shape index (κ3) is 2.07. The molecule has 3 rings (SSSR count). The van der Waals surface area contributed by atoms with E-state index in [1.807, 2.05) is 6.33 Å². The fourth-order valence-electron chi connectivity index (χ4n) is 3.04. The Morgan fingerprint density at radius 2 is 2.26 bits per heavy atom. The molecular formula is C14H21N5. The van der Waals surface area contributed by atoms with E-state index in [1.54, 1.807) is 0 Å². The molecule has 0 amide bonds. The van der Waals surface area contributed by atoms with Gasteiger partial charge in [0.15, 0.2) is 5.82 Å². The summed E-state index contributed by atoms with van der Waals surface area (Å²) in [5.41, 5.74) is 3.67. The van der Waals surface area contributed by atoms with Crippen molar-refractivity contribution in [2.45, 2.75) is 58.4 Å². The van der Waals surface area contributed by atoms with E-state index in [1.165, 1.54) is 36.9 Å². The van der Waals surface area contributed by atoms with Gasteiger partial charge in [-0.15, -0.1) is 10.2 Å². The Morgan fingerprint density at radius 1 is 1.37 bits per heavy atom. The zero-order chi connectivity index (χ0) is 13.2. The lowest BCUT2D eigenvalue weighted by atomic mass is 9.88. The second kappa shape index (κ2) is 5.15. The molecular weight excluding hydrogens is 238 g/mol. The molecule has 19 heavy (non-hydrogen) atoms. The molecule has 0 aromatic carbocycles. The lowest BCUT2D eigenvalue weighted by molar-refractivity contribution is 0.486. The van der Waals surface area contributed by atoms with Gasteiger partial charge in [-0.25, -0.2) is 0 Å². The van der Waals surface area contributed by atoms with Crippen molar-refractivity contribution in [3.63, 3.8) is 0 Å². The highest BCUT2D eigenvalue weighted by molar-refractivity contribution is 5.59. The first-order valence-corrected chi connectivity index (χ1v) is 7.30. The molecule has 0 saturated heterocycles. The largest absolute Gasteiger partial charge is 0.312 e. The van der Waals surface area contributed by atoms with Crippen LogP contribution in [0, 0.1) is 0 Å². The highest BCUT2D eigenvalue weighted by atomic mass is 15.3. The van der Waals surface area contributed by atoms with E-state index < -0.39 is 0 Å². The van der Waals surface area contributed by atoms with E-state index in [0.29, 0.717) is 5.92 Å². The second-order valence-electron chi connectivity index (χ2n) is 5.32. The van der Waals surface area contributed by atoms with Gasteiger partial charge in [0.05, 0.1) is 0 Å². The molecule has 1 atom stereocenters. The van der Waals surface area contributed by atoms with Gasteiger partial charge in [0.1, 0.15) is 12.0 Å². The molecule has 0 bridgehead atoms. The van der Waals surface area contributed by atoms with Gasteiger partial charge in [0.25, 0.3) is 0 Å². The topological polar surface area (TPSA) is 59.4 Å². The summed E-state index contributed by atoms with van der Waals surface area (Å²) in [4.78, 5) is 0. The molecule has 3 heterocycles. The number of rotatable bonds is 5. The molecule has 0 radical (unpaired) electrons. The van der Waals surface area contributed by atoms with Gasteiger partial charge in [0.2, 0.25) is 0 Å². The molecule has 5 nitrogen and oxygen atoms in total. The van der Waals surface area contributed by atoms with Gasteiger partial charge in [-0.2, -0.15) is 5.10 Å². The van der Waals surface area contributed by atoms with Gasteiger partial charge < -0.3 is 4.57 Å². The number of aromatic amines is 1. The Morgan fingerprint density at radius 3 is 3.05 bits per heavy atom. The summed E-state index contributed by atoms with van der Waals surface area (Å²) < 4.78 is 2.14. The van der Waals surface area contributed by atoms with Gasteiger partial charge in [-0.05, 0) is 12.8 Å². The predicted molar refractivity (Wildman–Crippen MR) is 73.9 cm³/mol. The number of hydrogen-bond donors (Lipinski definition) is 1. The van der Waals surface area contributed by atoms with E-state index in [2.05, 4.69) is 38.8 Å². The van der Waals surface area contributed by atoms with Crippen molar-refractivity contribution in [3.8, 4) is 11.5 Å². The first-order chi connectivity index (χ1) is 9.35. The monoisotopic (exact) mass is 259 g/mol. The van der Waals surface area contributed by atoms with Crippen LogP contribution in [0.1, 0.15) is 56.7 Å². The van der Waals surface area contributed by atoms with Crippen LogP contribution in [0.25, 0.3) is 11.5 Å². The maximum absolute atomic E-state index is 4.47. The predicted octanol–water partition coefficient (Wildman–Crippen LogP) is 2.91. The van der Waals surface area contributed by atoms with Crippen LogP contribution in [0.2, 0.25) is 0 Å². The van der Waals surface area contributed by atoms with Crippen molar-refractivity contribution in [1.29, 1.82) is 0 Å². The minimum atomic E-state index is 0.554. The van der Waals surface area contributed by atoms with Crippen LogP contribution in [0.3, 0.4) is 0 Å². The number of unbranched alkanes of at least 4 members (excludes halogenated alkanes) is 2. The Bertz CT molecular complexity index is 554.